The molecule has 31 heavy (non-hydrogen) atoms. The van der Waals surface area contributed by atoms with E-state index in [-0.39, 0.29) is 11.8 Å². The number of hydrogen-bond donors (Lipinski definition) is 1. The number of aryl methyl sites for hydroxylation is 2. The van der Waals surface area contributed by atoms with Crippen LogP contribution in [0.3, 0.4) is 0 Å². The number of amides is 1. The van der Waals surface area contributed by atoms with E-state index in [1.165, 1.54) is 24.8 Å². The molecule has 1 fully saturated rings. The van der Waals surface area contributed by atoms with Gasteiger partial charge in [-0.05, 0) is 70.5 Å². The van der Waals surface area contributed by atoms with Crippen molar-refractivity contribution in [3.05, 3.63) is 41.0 Å². The Morgan fingerprint density at radius 1 is 1.16 bits per heavy atom. The zero-order valence-electron chi connectivity index (χ0n) is 19.4. The Bertz CT molecular complexity index is 1090. The maximum atomic E-state index is 12.8. The first-order chi connectivity index (χ1) is 14.8. The highest BCUT2D eigenvalue weighted by atomic mass is 16.1. The molecule has 0 saturated carbocycles. The molecule has 1 aliphatic heterocycles. The highest BCUT2D eigenvalue weighted by Gasteiger charge is 2.18. The lowest BCUT2D eigenvalue weighted by Crippen LogP contribution is -2.30. The summed E-state index contributed by atoms with van der Waals surface area (Å²) in [5.74, 6) is 0.883. The summed E-state index contributed by atoms with van der Waals surface area (Å²) in [6.07, 6.45) is 3.88. The zero-order chi connectivity index (χ0) is 22.1. The Hall–Kier alpha value is -2.67. The van der Waals surface area contributed by atoms with Gasteiger partial charge >= 0.3 is 0 Å². The van der Waals surface area contributed by atoms with Gasteiger partial charge < -0.3 is 9.88 Å². The zero-order valence-corrected chi connectivity index (χ0v) is 19.4. The number of hydrogen-bond acceptors (Lipinski definition) is 4. The lowest BCUT2D eigenvalue weighted by atomic mass is 10.1. The van der Waals surface area contributed by atoms with E-state index in [9.17, 15) is 4.79 Å². The molecule has 1 amide bonds. The third-order valence-electron chi connectivity index (χ3n) is 6.69. The van der Waals surface area contributed by atoms with Crippen molar-refractivity contribution in [3.8, 4) is 0 Å². The molecule has 7 nitrogen and oxygen atoms in total. The van der Waals surface area contributed by atoms with Crippen LogP contribution in [-0.2, 0) is 24.9 Å². The summed E-state index contributed by atoms with van der Waals surface area (Å²) in [6.45, 7) is 11.8. The van der Waals surface area contributed by atoms with Crippen molar-refractivity contribution in [1.29, 1.82) is 0 Å². The van der Waals surface area contributed by atoms with Crippen LogP contribution in [0.15, 0.2) is 18.2 Å². The molecule has 3 heterocycles. The third kappa shape index (κ3) is 4.51. The van der Waals surface area contributed by atoms with E-state index in [4.69, 9.17) is 4.98 Å². The molecule has 166 valence electrons. The average Bonchev–Trinajstić information content (AvgIpc) is 3.19. The van der Waals surface area contributed by atoms with E-state index in [1.54, 1.807) is 0 Å². The molecule has 0 spiro atoms. The molecular formula is C24H34N6O. The number of rotatable bonds is 6. The van der Waals surface area contributed by atoms with E-state index in [2.05, 4.69) is 40.8 Å². The van der Waals surface area contributed by atoms with Gasteiger partial charge in [-0.25, -0.2) is 4.98 Å². The number of carbonyl (C=O) groups excluding carboxylic acids is 1. The summed E-state index contributed by atoms with van der Waals surface area (Å²) in [5.41, 5.74) is 6.13. The Kier molecular flexibility index (Phi) is 6.14. The normalized spacial score (nSPS) is 16.0. The maximum Gasteiger partial charge on any atom is 0.229 e. The summed E-state index contributed by atoms with van der Waals surface area (Å²) in [6, 6.07) is 5.99. The molecule has 1 aliphatic rings. The Balaban J connectivity index is 1.45. The number of benzene rings is 1. The molecule has 0 aliphatic carbocycles. The lowest BCUT2D eigenvalue weighted by Gasteiger charge is -2.25. The molecule has 1 N–H and O–H groups in total. The van der Waals surface area contributed by atoms with Crippen LogP contribution < -0.4 is 5.32 Å². The number of likely N-dealkylation sites (tertiary alicyclic amines) is 1. The Morgan fingerprint density at radius 3 is 2.58 bits per heavy atom. The minimum atomic E-state index is -0.188. The number of carbonyl (C=O) groups is 1. The fourth-order valence-electron chi connectivity index (χ4n) is 4.36. The smallest absolute Gasteiger partial charge is 0.229 e. The first-order valence-electron chi connectivity index (χ1n) is 11.3. The predicted octanol–water partition coefficient (Wildman–Crippen LogP) is 3.96. The fraction of sp³-hybridized carbons (Fsp3) is 0.542. The van der Waals surface area contributed by atoms with Crippen molar-refractivity contribution in [2.24, 2.45) is 13.0 Å². The molecule has 4 rings (SSSR count). The van der Waals surface area contributed by atoms with Gasteiger partial charge in [0.2, 0.25) is 5.91 Å². The number of nitrogens with zero attached hydrogens (tertiary/aromatic N) is 5. The van der Waals surface area contributed by atoms with Crippen molar-refractivity contribution in [2.45, 2.75) is 60.0 Å². The van der Waals surface area contributed by atoms with Gasteiger partial charge in [0, 0.05) is 18.4 Å². The van der Waals surface area contributed by atoms with Crippen LogP contribution in [0, 0.1) is 26.7 Å². The van der Waals surface area contributed by atoms with Crippen molar-refractivity contribution >= 4 is 22.6 Å². The fourth-order valence-corrected chi connectivity index (χ4v) is 4.36. The second kappa shape index (κ2) is 8.83. The van der Waals surface area contributed by atoms with Gasteiger partial charge in [-0.1, -0.05) is 13.3 Å². The molecular weight excluding hydrogens is 388 g/mol. The first kappa shape index (κ1) is 21.6. The SMILES string of the molecule is Cc1nn(CC(C)C(=O)Nc2ccc3c(c2)nc(CN2CCCCC2)n3C)c(C)c1C. The van der Waals surface area contributed by atoms with Crippen LogP contribution in [0.4, 0.5) is 5.69 Å². The van der Waals surface area contributed by atoms with Gasteiger partial charge in [0.05, 0.1) is 35.7 Å². The first-order valence-corrected chi connectivity index (χ1v) is 11.3. The summed E-state index contributed by atoms with van der Waals surface area (Å²) in [7, 11) is 2.07. The Labute approximate surface area is 184 Å². The highest BCUT2D eigenvalue weighted by Crippen LogP contribution is 2.22. The monoisotopic (exact) mass is 422 g/mol. The van der Waals surface area contributed by atoms with Crippen LogP contribution in [0.25, 0.3) is 11.0 Å². The van der Waals surface area contributed by atoms with E-state index in [1.807, 2.05) is 36.7 Å². The largest absolute Gasteiger partial charge is 0.330 e. The number of fused-ring (bicyclic) bond motifs is 1. The van der Waals surface area contributed by atoms with Crippen LogP contribution in [0.5, 0.6) is 0 Å². The molecule has 2 aromatic heterocycles. The molecule has 3 aromatic rings. The second-order valence-corrected chi connectivity index (χ2v) is 9.00. The Morgan fingerprint density at radius 2 is 1.90 bits per heavy atom. The van der Waals surface area contributed by atoms with E-state index in [0.29, 0.717) is 6.54 Å². The molecule has 0 radical (unpaired) electrons. The van der Waals surface area contributed by atoms with Crippen LogP contribution in [-0.4, -0.2) is 43.2 Å². The lowest BCUT2D eigenvalue weighted by molar-refractivity contribution is -0.119. The number of nitrogens with one attached hydrogen (secondary N) is 1. The van der Waals surface area contributed by atoms with Gasteiger partial charge in [0.15, 0.2) is 0 Å². The van der Waals surface area contributed by atoms with Crippen LogP contribution in [0.2, 0.25) is 0 Å². The molecule has 1 unspecified atom stereocenters. The number of piperidine rings is 1. The van der Waals surface area contributed by atoms with Gasteiger partial charge in [-0.2, -0.15) is 5.10 Å². The average molecular weight is 423 g/mol. The quantitative estimate of drug-likeness (QED) is 0.653. The van der Waals surface area contributed by atoms with Gasteiger partial charge in [0.25, 0.3) is 0 Å². The number of imidazole rings is 1. The molecule has 1 aromatic carbocycles. The molecule has 1 saturated heterocycles. The van der Waals surface area contributed by atoms with Crippen molar-refractivity contribution in [2.75, 3.05) is 18.4 Å². The minimum absolute atomic E-state index is 0.00553. The maximum absolute atomic E-state index is 12.8. The summed E-state index contributed by atoms with van der Waals surface area (Å²) in [5, 5.41) is 7.63. The minimum Gasteiger partial charge on any atom is -0.330 e. The van der Waals surface area contributed by atoms with Crippen LogP contribution >= 0.6 is 0 Å². The highest BCUT2D eigenvalue weighted by molar-refractivity contribution is 5.94. The second-order valence-electron chi connectivity index (χ2n) is 9.00. The summed E-state index contributed by atoms with van der Waals surface area (Å²) >= 11 is 0. The number of anilines is 1. The molecule has 1 atom stereocenters. The topological polar surface area (TPSA) is 68.0 Å². The van der Waals surface area contributed by atoms with E-state index in [0.717, 1.165) is 53.6 Å². The third-order valence-corrected chi connectivity index (χ3v) is 6.69. The van der Waals surface area contributed by atoms with E-state index < -0.39 is 0 Å². The summed E-state index contributed by atoms with van der Waals surface area (Å²) < 4.78 is 4.10. The van der Waals surface area contributed by atoms with Crippen molar-refractivity contribution in [1.82, 2.24) is 24.2 Å². The van der Waals surface area contributed by atoms with Gasteiger partial charge in [-0.3, -0.25) is 14.4 Å². The molecule has 7 heteroatoms. The van der Waals surface area contributed by atoms with Crippen molar-refractivity contribution < 1.29 is 4.79 Å². The van der Waals surface area contributed by atoms with Gasteiger partial charge in [-0.15, -0.1) is 0 Å². The predicted molar refractivity (Wildman–Crippen MR) is 124 cm³/mol. The standard InChI is InChI=1S/C24H34N6O/c1-16(14-30-19(4)17(2)18(3)27-30)24(31)25-20-9-10-22-21(13-20)26-23(28(22)5)15-29-11-7-6-8-12-29/h9-10,13,16H,6-8,11-12,14-15H2,1-5H3,(H,25,31). The molecule has 0 bridgehead atoms. The van der Waals surface area contributed by atoms with Crippen LogP contribution in [0.1, 0.15) is 49.0 Å². The summed E-state index contributed by atoms with van der Waals surface area (Å²) in [4.78, 5) is 20.2. The number of aromatic nitrogens is 4. The van der Waals surface area contributed by atoms with Gasteiger partial charge in [0.1, 0.15) is 5.82 Å². The van der Waals surface area contributed by atoms with E-state index >= 15 is 0 Å². The van der Waals surface area contributed by atoms with Crippen molar-refractivity contribution in [3.63, 3.8) is 0 Å².